The fraction of sp³-hybridized carbons (Fsp3) is 0.462. The second-order valence-corrected chi connectivity index (χ2v) is 9.56. The van der Waals surface area contributed by atoms with E-state index in [0.717, 1.165) is 36.8 Å². The molecule has 34 heavy (non-hydrogen) atoms. The van der Waals surface area contributed by atoms with Gasteiger partial charge in [-0.3, -0.25) is 24.6 Å². The van der Waals surface area contributed by atoms with Crippen molar-refractivity contribution in [3.8, 4) is 11.1 Å². The number of benzene rings is 1. The maximum absolute atomic E-state index is 13.5. The summed E-state index contributed by atoms with van der Waals surface area (Å²) in [5.41, 5.74) is 2.59. The van der Waals surface area contributed by atoms with Gasteiger partial charge in [0.15, 0.2) is 0 Å². The molecule has 0 radical (unpaired) electrons. The van der Waals surface area contributed by atoms with E-state index in [-0.39, 0.29) is 23.8 Å². The molecule has 1 saturated heterocycles. The van der Waals surface area contributed by atoms with Gasteiger partial charge < -0.3 is 10.2 Å². The molecule has 2 aliphatic rings. The van der Waals surface area contributed by atoms with E-state index in [4.69, 9.17) is 0 Å². The number of anilines is 1. The zero-order valence-electron chi connectivity index (χ0n) is 19.5. The summed E-state index contributed by atoms with van der Waals surface area (Å²) in [6, 6.07) is 10.8. The molecule has 2 N–H and O–H groups in total. The molecule has 2 aromatic rings. The highest BCUT2D eigenvalue weighted by Crippen LogP contribution is 2.55. The molecule has 2 fully saturated rings. The Balaban J connectivity index is 1.51. The predicted octanol–water partition coefficient (Wildman–Crippen LogP) is 3.72. The number of hydroxylamine groups is 2. The lowest BCUT2D eigenvalue weighted by molar-refractivity contribution is -0.157. The van der Waals surface area contributed by atoms with Crippen molar-refractivity contribution in [3.63, 3.8) is 0 Å². The molecule has 1 aliphatic carbocycles. The summed E-state index contributed by atoms with van der Waals surface area (Å²) in [6.45, 7) is 2.52. The van der Waals surface area contributed by atoms with Gasteiger partial charge in [0, 0.05) is 30.2 Å². The molecule has 1 aliphatic heterocycles. The van der Waals surface area contributed by atoms with Crippen LogP contribution in [0.25, 0.3) is 11.1 Å². The first-order valence-electron chi connectivity index (χ1n) is 12.0. The van der Waals surface area contributed by atoms with Crippen LogP contribution in [0.2, 0.25) is 0 Å². The number of hydrogen-bond acceptors (Lipinski definition) is 5. The van der Waals surface area contributed by atoms with Gasteiger partial charge in [0.1, 0.15) is 6.04 Å². The number of unbranched alkanes of at least 4 members (excludes halogenated alkanes) is 1. The van der Waals surface area contributed by atoms with E-state index in [0.29, 0.717) is 36.5 Å². The minimum absolute atomic E-state index is 0.0219. The second kappa shape index (κ2) is 10.3. The third kappa shape index (κ3) is 5.44. The Labute approximate surface area is 199 Å². The monoisotopic (exact) mass is 464 g/mol. The summed E-state index contributed by atoms with van der Waals surface area (Å²) in [5.74, 6) is -0.901. The standard InChI is InChI=1S/C26H32N4O4/c1-2-3-6-21(16-29(34)18-31)25(33)30-17-26(10-11-26)14-23(30)24(32)28-22-9-4-7-19(13-22)20-8-5-12-27-15-20/h4-5,7-9,12-13,15,18,21,23,34H,2-3,6,10-11,14,16-17H2,1H3,(H,28,32)/t21-,23+/m1/s1. The molecule has 3 amide bonds. The highest BCUT2D eigenvalue weighted by molar-refractivity contribution is 5.98. The summed E-state index contributed by atoms with van der Waals surface area (Å²) >= 11 is 0. The van der Waals surface area contributed by atoms with Gasteiger partial charge in [-0.1, -0.05) is 38.0 Å². The van der Waals surface area contributed by atoms with E-state index in [1.54, 1.807) is 17.3 Å². The molecule has 4 rings (SSSR count). The topological polar surface area (TPSA) is 103 Å². The maximum atomic E-state index is 13.5. The number of carbonyl (C=O) groups is 3. The first-order chi connectivity index (χ1) is 16.4. The Morgan fingerprint density at radius 1 is 1.29 bits per heavy atom. The van der Waals surface area contributed by atoms with Crippen LogP contribution in [0.3, 0.4) is 0 Å². The third-order valence-electron chi connectivity index (χ3n) is 6.96. The molecule has 8 heteroatoms. The van der Waals surface area contributed by atoms with Crippen LogP contribution in [0.1, 0.15) is 45.4 Å². The predicted molar refractivity (Wildman–Crippen MR) is 128 cm³/mol. The third-order valence-corrected chi connectivity index (χ3v) is 6.96. The smallest absolute Gasteiger partial charge is 0.247 e. The fourth-order valence-electron chi connectivity index (χ4n) is 4.84. The van der Waals surface area contributed by atoms with E-state index in [1.807, 2.05) is 43.3 Å². The number of amides is 3. The molecular weight excluding hydrogens is 432 g/mol. The number of hydrogen-bond donors (Lipinski definition) is 2. The van der Waals surface area contributed by atoms with Crippen molar-refractivity contribution in [3.05, 3.63) is 48.8 Å². The molecule has 0 unspecified atom stereocenters. The first-order valence-corrected chi connectivity index (χ1v) is 12.0. The molecular formula is C26H32N4O4. The van der Waals surface area contributed by atoms with Gasteiger partial charge in [0.2, 0.25) is 18.2 Å². The van der Waals surface area contributed by atoms with Crippen LogP contribution in [0.5, 0.6) is 0 Å². The van der Waals surface area contributed by atoms with Gasteiger partial charge >= 0.3 is 0 Å². The highest BCUT2D eigenvalue weighted by Gasteiger charge is 2.55. The normalized spacial score (nSPS) is 19.0. The molecule has 1 spiro atoms. The Morgan fingerprint density at radius 3 is 2.76 bits per heavy atom. The second-order valence-electron chi connectivity index (χ2n) is 9.56. The van der Waals surface area contributed by atoms with Crippen LogP contribution in [0.15, 0.2) is 48.8 Å². The van der Waals surface area contributed by atoms with Crippen LogP contribution >= 0.6 is 0 Å². The quantitative estimate of drug-likeness (QED) is 0.317. The highest BCUT2D eigenvalue weighted by atomic mass is 16.5. The van der Waals surface area contributed by atoms with Crippen molar-refractivity contribution in [1.82, 2.24) is 14.9 Å². The first kappa shape index (κ1) is 23.9. The molecule has 8 nitrogen and oxygen atoms in total. The largest absolute Gasteiger partial charge is 0.330 e. The zero-order valence-corrected chi connectivity index (χ0v) is 19.5. The lowest BCUT2D eigenvalue weighted by Gasteiger charge is -2.29. The van der Waals surface area contributed by atoms with E-state index in [2.05, 4.69) is 10.3 Å². The summed E-state index contributed by atoms with van der Waals surface area (Å²) < 4.78 is 0. The molecule has 2 atom stereocenters. The number of likely N-dealkylation sites (tertiary alicyclic amines) is 1. The number of nitrogens with zero attached hydrogens (tertiary/aromatic N) is 3. The summed E-state index contributed by atoms with van der Waals surface area (Å²) in [5, 5.41) is 13.3. The van der Waals surface area contributed by atoms with Gasteiger partial charge in [0.05, 0.1) is 12.5 Å². The molecule has 0 bridgehead atoms. The van der Waals surface area contributed by atoms with Crippen LogP contribution in [0.4, 0.5) is 5.69 Å². The van der Waals surface area contributed by atoms with Crippen LogP contribution in [0, 0.1) is 11.3 Å². The van der Waals surface area contributed by atoms with E-state index in [9.17, 15) is 19.6 Å². The zero-order chi connectivity index (χ0) is 24.1. The van der Waals surface area contributed by atoms with Gasteiger partial charge in [-0.05, 0) is 54.9 Å². The van der Waals surface area contributed by atoms with E-state index >= 15 is 0 Å². The lowest BCUT2D eigenvalue weighted by Crippen LogP contribution is -2.47. The number of carbonyl (C=O) groups excluding carboxylic acids is 3. The summed E-state index contributed by atoms with van der Waals surface area (Å²) in [7, 11) is 0. The summed E-state index contributed by atoms with van der Waals surface area (Å²) in [4.78, 5) is 43.7. The maximum Gasteiger partial charge on any atom is 0.247 e. The lowest BCUT2D eigenvalue weighted by atomic mass is 9.99. The molecule has 1 aromatic heterocycles. The Bertz CT molecular complexity index is 1020. The van der Waals surface area contributed by atoms with Gasteiger partial charge in [-0.15, -0.1) is 0 Å². The van der Waals surface area contributed by atoms with Gasteiger partial charge in [-0.25, -0.2) is 5.06 Å². The minimum atomic E-state index is -0.565. The number of pyridine rings is 1. The average Bonchev–Trinajstić information content (AvgIpc) is 3.51. The van der Waals surface area contributed by atoms with Crippen LogP contribution in [-0.2, 0) is 14.4 Å². The van der Waals surface area contributed by atoms with Crippen molar-refractivity contribution in [2.45, 2.75) is 51.5 Å². The average molecular weight is 465 g/mol. The molecule has 2 heterocycles. The fourth-order valence-corrected chi connectivity index (χ4v) is 4.84. The SMILES string of the molecule is CCCC[C@H](CN(O)C=O)C(=O)N1CC2(CC2)C[C@H]1C(=O)Nc1cccc(-c2cccnc2)c1. The van der Waals surface area contributed by atoms with Crippen LogP contribution < -0.4 is 5.32 Å². The molecule has 1 aromatic carbocycles. The van der Waals surface area contributed by atoms with Crippen molar-refractivity contribution in [2.24, 2.45) is 11.3 Å². The van der Waals surface area contributed by atoms with Crippen molar-refractivity contribution >= 4 is 23.9 Å². The van der Waals surface area contributed by atoms with E-state index in [1.165, 1.54) is 0 Å². The number of rotatable bonds is 10. The van der Waals surface area contributed by atoms with Gasteiger partial charge in [0.25, 0.3) is 0 Å². The molecule has 180 valence electrons. The Kier molecular flexibility index (Phi) is 7.26. The molecule has 1 saturated carbocycles. The van der Waals surface area contributed by atoms with Crippen molar-refractivity contribution in [1.29, 1.82) is 0 Å². The van der Waals surface area contributed by atoms with E-state index < -0.39 is 12.0 Å². The Hall–Kier alpha value is -3.26. The summed E-state index contributed by atoms with van der Waals surface area (Å²) in [6.07, 6.45) is 8.74. The number of nitrogens with one attached hydrogen (secondary N) is 1. The van der Waals surface area contributed by atoms with Crippen LogP contribution in [-0.4, -0.2) is 57.5 Å². The Morgan fingerprint density at radius 2 is 2.09 bits per heavy atom. The number of aromatic nitrogens is 1. The van der Waals surface area contributed by atoms with Crippen molar-refractivity contribution in [2.75, 3.05) is 18.4 Å². The van der Waals surface area contributed by atoms with Crippen molar-refractivity contribution < 1.29 is 19.6 Å². The minimum Gasteiger partial charge on any atom is -0.330 e. The van der Waals surface area contributed by atoms with Gasteiger partial charge in [-0.2, -0.15) is 0 Å².